The maximum atomic E-state index is 12.0. The summed E-state index contributed by atoms with van der Waals surface area (Å²) < 4.78 is 5.54. The van der Waals surface area contributed by atoms with Gasteiger partial charge in [-0.05, 0) is 36.4 Å². The smallest absolute Gasteiger partial charge is 0.339 e. The van der Waals surface area contributed by atoms with Crippen LogP contribution in [0, 0.1) is 0 Å². The van der Waals surface area contributed by atoms with Gasteiger partial charge in [-0.25, -0.2) is 4.79 Å². The molecule has 2 aromatic carbocycles. The fraction of sp³-hybridized carbons (Fsp3) is 0.118. The van der Waals surface area contributed by atoms with Gasteiger partial charge < -0.3 is 15.4 Å². The summed E-state index contributed by atoms with van der Waals surface area (Å²) in [6.07, 6.45) is -0.369. The van der Waals surface area contributed by atoms with Crippen molar-refractivity contribution in [2.75, 3.05) is 17.7 Å². The van der Waals surface area contributed by atoms with E-state index in [0.717, 1.165) is 4.47 Å². The Balaban J connectivity index is 1.97. The van der Waals surface area contributed by atoms with Crippen molar-refractivity contribution in [2.45, 2.75) is 6.42 Å². The number of rotatable bonds is 5. The molecule has 0 saturated carbocycles. The van der Waals surface area contributed by atoms with Crippen LogP contribution in [0.15, 0.2) is 53.0 Å². The van der Waals surface area contributed by atoms with E-state index in [4.69, 9.17) is 0 Å². The first-order chi connectivity index (χ1) is 11.5. The van der Waals surface area contributed by atoms with Crippen molar-refractivity contribution < 1.29 is 19.1 Å². The molecule has 0 atom stereocenters. The first-order valence-corrected chi connectivity index (χ1v) is 7.81. The number of esters is 1. The third-order valence-corrected chi connectivity index (χ3v) is 3.58. The molecule has 0 aliphatic heterocycles. The Kier molecular flexibility index (Phi) is 6.08. The minimum absolute atomic E-state index is 0.224. The first kappa shape index (κ1) is 17.7. The van der Waals surface area contributed by atoms with Crippen LogP contribution < -0.4 is 10.6 Å². The van der Waals surface area contributed by atoms with Crippen LogP contribution in [0.3, 0.4) is 0 Å². The molecular weight excluding hydrogens is 376 g/mol. The lowest BCUT2D eigenvalue weighted by atomic mass is 10.1. The number of ether oxygens (including phenoxy) is 1. The number of carbonyl (C=O) groups is 3. The molecule has 0 aromatic heterocycles. The van der Waals surface area contributed by atoms with Crippen molar-refractivity contribution >= 4 is 45.1 Å². The molecule has 0 unspecified atom stereocenters. The molecule has 7 heteroatoms. The van der Waals surface area contributed by atoms with Gasteiger partial charge >= 0.3 is 5.97 Å². The van der Waals surface area contributed by atoms with Crippen molar-refractivity contribution in [3.8, 4) is 0 Å². The zero-order chi connectivity index (χ0) is 17.5. The van der Waals surface area contributed by atoms with Crippen LogP contribution in [-0.2, 0) is 14.3 Å². The van der Waals surface area contributed by atoms with E-state index in [1.54, 1.807) is 42.5 Å². The number of benzene rings is 2. The van der Waals surface area contributed by atoms with Crippen molar-refractivity contribution in [2.24, 2.45) is 0 Å². The van der Waals surface area contributed by atoms with Gasteiger partial charge in [0, 0.05) is 10.2 Å². The zero-order valence-electron chi connectivity index (χ0n) is 12.8. The lowest BCUT2D eigenvalue weighted by Crippen LogP contribution is -2.22. The Bertz CT molecular complexity index is 759. The maximum Gasteiger partial charge on any atom is 0.339 e. The maximum absolute atomic E-state index is 12.0. The highest BCUT2D eigenvalue weighted by molar-refractivity contribution is 9.10. The van der Waals surface area contributed by atoms with Gasteiger partial charge in [0.05, 0.1) is 18.4 Å². The lowest BCUT2D eigenvalue weighted by Gasteiger charge is -2.10. The highest BCUT2D eigenvalue weighted by atomic mass is 79.9. The predicted octanol–water partition coefficient (Wildman–Crippen LogP) is 3.20. The van der Waals surface area contributed by atoms with E-state index in [1.165, 1.54) is 13.2 Å². The number of amides is 2. The molecule has 0 spiro atoms. The minimum atomic E-state index is -0.565. The number of carbonyl (C=O) groups excluding carboxylic acids is 3. The zero-order valence-corrected chi connectivity index (χ0v) is 14.4. The summed E-state index contributed by atoms with van der Waals surface area (Å²) in [4.78, 5) is 35.5. The number of para-hydroxylation sites is 1. The van der Waals surface area contributed by atoms with Crippen LogP contribution in [0.25, 0.3) is 0 Å². The van der Waals surface area contributed by atoms with Gasteiger partial charge in [-0.3, -0.25) is 9.59 Å². The normalized spacial score (nSPS) is 9.92. The second kappa shape index (κ2) is 8.26. The molecule has 2 N–H and O–H groups in total. The van der Waals surface area contributed by atoms with E-state index in [1.807, 2.05) is 0 Å². The fourth-order valence-electron chi connectivity index (χ4n) is 1.96. The summed E-state index contributed by atoms with van der Waals surface area (Å²) in [5, 5.41) is 5.17. The lowest BCUT2D eigenvalue weighted by molar-refractivity contribution is -0.123. The van der Waals surface area contributed by atoms with E-state index in [9.17, 15) is 14.4 Å². The Labute approximate surface area is 147 Å². The van der Waals surface area contributed by atoms with Gasteiger partial charge in [-0.2, -0.15) is 0 Å². The molecule has 124 valence electrons. The largest absolute Gasteiger partial charge is 0.465 e. The summed E-state index contributed by atoms with van der Waals surface area (Å²) in [7, 11) is 1.26. The molecule has 2 amide bonds. The average molecular weight is 391 g/mol. The van der Waals surface area contributed by atoms with Crippen LogP contribution in [0.5, 0.6) is 0 Å². The van der Waals surface area contributed by atoms with Crippen LogP contribution in [0.4, 0.5) is 11.4 Å². The molecule has 24 heavy (non-hydrogen) atoms. The van der Waals surface area contributed by atoms with Crippen molar-refractivity contribution in [3.63, 3.8) is 0 Å². The predicted molar refractivity (Wildman–Crippen MR) is 93.8 cm³/mol. The molecule has 2 rings (SSSR count). The van der Waals surface area contributed by atoms with E-state index in [2.05, 4.69) is 31.3 Å². The van der Waals surface area contributed by atoms with E-state index < -0.39 is 17.8 Å². The van der Waals surface area contributed by atoms with Crippen molar-refractivity contribution in [1.82, 2.24) is 0 Å². The number of nitrogens with one attached hydrogen (secondary N) is 2. The second-order valence-electron chi connectivity index (χ2n) is 4.82. The summed E-state index contributed by atoms with van der Waals surface area (Å²) in [6.45, 7) is 0. The Morgan fingerprint density at radius 2 is 1.58 bits per heavy atom. The summed E-state index contributed by atoms with van der Waals surface area (Å²) in [5.41, 5.74) is 1.11. The first-order valence-electron chi connectivity index (χ1n) is 7.02. The van der Waals surface area contributed by atoms with E-state index >= 15 is 0 Å². The van der Waals surface area contributed by atoms with Gasteiger partial charge in [-0.1, -0.05) is 28.1 Å². The third kappa shape index (κ3) is 4.92. The van der Waals surface area contributed by atoms with Gasteiger partial charge in [0.2, 0.25) is 11.8 Å². The van der Waals surface area contributed by atoms with Crippen LogP contribution in [0.2, 0.25) is 0 Å². The van der Waals surface area contributed by atoms with Gasteiger partial charge in [0.25, 0.3) is 0 Å². The molecule has 0 fully saturated rings. The molecule has 0 heterocycles. The van der Waals surface area contributed by atoms with Crippen molar-refractivity contribution in [3.05, 3.63) is 58.6 Å². The van der Waals surface area contributed by atoms with Crippen LogP contribution in [-0.4, -0.2) is 24.9 Å². The van der Waals surface area contributed by atoms with Gasteiger partial charge in [0.1, 0.15) is 6.42 Å². The summed E-state index contributed by atoms with van der Waals surface area (Å²) in [6, 6.07) is 13.4. The highest BCUT2D eigenvalue weighted by Gasteiger charge is 2.15. The number of hydrogen-bond donors (Lipinski definition) is 2. The molecule has 6 nitrogen and oxygen atoms in total. The quantitative estimate of drug-likeness (QED) is 0.606. The minimum Gasteiger partial charge on any atom is -0.465 e. The Morgan fingerprint density at radius 1 is 0.958 bits per heavy atom. The van der Waals surface area contributed by atoms with E-state index in [0.29, 0.717) is 11.4 Å². The van der Waals surface area contributed by atoms with Crippen molar-refractivity contribution in [1.29, 1.82) is 0 Å². The molecule has 0 saturated heterocycles. The molecule has 2 aromatic rings. The third-order valence-electron chi connectivity index (χ3n) is 3.06. The second-order valence-corrected chi connectivity index (χ2v) is 5.73. The molecular formula is C17H15BrN2O4. The summed E-state index contributed by atoms with van der Waals surface area (Å²) in [5.74, 6) is -1.54. The van der Waals surface area contributed by atoms with Crippen LogP contribution >= 0.6 is 15.9 Å². The SMILES string of the molecule is COC(=O)c1ccccc1NC(=O)CC(=O)Nc1ccc(Br)cc1. The number of halogens is 1. The van der Waals surface area contributed by atoms with Crippen LogP contribution in [0.1, 0.15) is 16.8 Å². The number of methoxy groups -OCH3 is 1. The number of anilines is 2. The standard InChI is InChI=1S/C17H15BrN2O4/c1-24-17(23)13-4-2-3-5-14(13)20-16(22)10-15(21)19-12-8-6-11(18)7-9-12/h2-9H,10H2,1H3,(H,19,21)(H,20,22). The summed E-state index contributed by atoms with van der Waals surface area (Å²) >= 11 is 3.30. The number of hydrogen-bond acceptors (Lipinski definition) is 4. The monoisotopic (exact) mass is 390 g/mol. The topological polar surface area (TPSA) is 84.5 Å². The molecule has 0 bridgehead atoms. The molecule has 0 aliphatic carbocycles. The van der Waals surface area contributed by atoms with Gasteiger partial charge in [-0.15, -0.1) is 0 Å². The molecule has 0 aliphatic rings. The Morgan fingerprint density at radius 3 is 2.25 bits per heavy atom. The average Bonchev–Trinajstić information content (AvgIpc) is 2.56. The highest BCUT2D eigenvalue weighted by Crippen LogP contribution is 2.17. The van der Waals surface area contributed by atoms with E-state index in [-0.39, 0.29) is 12.0 Å². The Hall–Kier alpha value is -2.67. The fourth-order valence-corrected chi connectivity index (χ4v) is 2.22. The molecule has 0 radical (unpaired) electrons. The van der Waals surface area contributed by atoms with Gasteiger partial charge in [0.15, 0.2) is 0 Å².